The van der Waals surface area contributed by atoms with Gasteiger partial charge in [0.2, 0.25) is 11.8 Å². The third-order valence-corrected chi connectivity index (χ3v) is 8.29. The van der Waals surface area contributed by atoms with Crippen molar-refractivity contribution < 1.29 is 4.42 Å². The van der Waals surface area contributed by atoms with Gasteiger partial charge in [0.1, 0.15) is 0 Å². The van der Waals surface area contributed by atoms with Crippen LogP contribution < -0.4 is 5.32 Å². The molecule has 2 aliphatic carbocycles. The average Bonchev–Trinajstić information content (AvgIpc) is 3.52. The van der Waals surface area contributed by atoms with Crippen molar-refractivity contribution in [1.82, 2.24) is 10.2 Å². The predicted octanol–water partition coefficient (Wildman–Crippen LogP) is 7.16. The zero-order chi connectivity index (χ0) is 21.5. The molecule has 32 heavy (non-hydrogen) atoms. The van der Waals surface area contributed by atoms with Gasteiger partial charge in [-0.05, 0) is 78.7 Å². The summed E-state index contributed by atoms with van der Waals surface area (Å²) in [7, 11) is 0. The Morgan fingerprint density at radius 3 is 2.78 bits per heavy atom. The summed E-state index contributed by atoms with van der Waals surface area (Å²) in [5, 5.41) is 12.6. The molecule has 5 atom stereocenters. The van der Waals surface area contributed by atoms with E-state index in [-0.39, 0.29) is 0 Å². The molecule has 0 radical (unpaired) electrons. The maximum atomic E-state index is 6.02. The molecule has 1 aliphatic heterocycles. The molecule has 6 rings (SSSR count). The highest BCUT2D eigenvalue weighted by Gasteiger charge is 2.48. The number of rotatable bonds is 5. The molecule has 0 saturated heterocycles. The molecule has 5 unspecified atom stereocenters. The number of benzene rings is 2. The van der Waals surface area contributed by atoms with Gasteiger partial charge in [-0.1, -0.05) is 56.5 Å². The summed E-state index contributed by atoms with van der Waals surface area (Å²) in [5.41, 5.74) is 5.23. The van der Waals surface area contributed by atoms with E-state index in [2.05, 4.69) is 71.0 Å². The molecule has 0 spiro atoms. The smallest absolute Gasteiger partial charge is 0.247 e. The van der Waals surface area contributed by atoms with Crippen LogP contribution in [0.3, 0.4) is 0 Å². The van der Waals surface area contributed by atoms with Gasteiger partial charge < -0.3 is 9.73 Å². The number of nitrogens with one attached hydrogen (secondary N) is 1. The van der Waals surface area contributed by atoms with E-state index < -0.39 is 0 Å². The molecule has 1 aromatic heterocycles. The number of aromatic nitrogens is 2. The highest BCUT2D eigenvalue weighted by Crippen LogP contribution is 2.59. The van der Waals surface area contributed by atoms with Crippen LogP contribution in [-0.4, -0.2) is 10.2 Å². The number of fused-ring (bicyclic) bond motifs is 5. The summed E-state index contributed by atoms with van der Waals surface area (Å²) in [5.74, 6) is 4.40. The first kappa shape index (κ1) is 20.0. The lowest BCUT2D eigenvalue weighted by atomic mass is 9.60. The van der Waals surface area contributed by atoms with E-state index in [0.717, 1.165) is 42.6 Å². The van der Waals surface area contributed by atoms with Crippen LogP contribution in [-0.2, 0) is 6.42 Å². The fraction of sp³-hybridized carbons (Fsp3) is 0.500. The van der Waals surface area contributed by atoms with E-state index in [1.165, 1.54) is 48.9 Å². The van der Waals surface area contributed by atoms with Crippen molar-refractivity contribution in [3.8, 4) is 11.5 Å². The van der Waals surface area contributed by atoms with Crippen LogP contribution in [0, 0.1) is 17.8 Å². The molecule has 0 bridgehead atoms. The zero-order valence-corrected chi connectivity index (χ0v) is 19.0. The Bertz CT molecular complexity index is 1080. The molecule has 2 aromatic carbocycles. The van der Waals surface area contributed by atoms with Crippen molar-refractivity contribution in [2.45, 2.75) is 70.3 Å². The number of unbranched alkanes of at least 4 members (excludes halogenated alkanes) is 1. The third-order valence-electron chi connectivity index (χ3n) is 8.29. The number of anilines is 1. The van der Waals surface area contributed by atoms with Gasteiger partial charge in [-0.2, -0.15) is 0 Å². The number of aryl methyl sites for hydroxylation is 1. The van der Waals surface area contributed by atoms with Crippen LogP contribution in [0.5, 0.6) is 0 Å². The number of hydrogen-bond acceptors (Lipinski definition) is 4. The zero-order valence-electron chi connectivity index (χ0n) is 19.0. The summed E-state index contributed by atoms with van der Waals surface area (Å²) in [6.45, 7) is 2.19. The maximum Gasteiger partial charge on any atom is 0.247 e. The second-order valence-electron chi connectivity index (χ2n) is 10.1. The van der Waals surface area contributed by atoms with E-state index in [9.17, 15) is 0 Å². The van der Waals surface area contributed by atoms with Gasteiger partial charge in [0.15, 0.2) is 0 Å². The Balaban J connectivity index is 1.38. The van der Waals surface area contributed by atoms with E-state index in [1.807, 2.05) is 0 Å². The van der Waals surface area contributed by atoms with Gasteiger partial charge in [-0.15, -0.1) is 10.2 Å². The summed E-state index contributed by atoms with van der Waals surface area (Å²) in [6, 6.07) is 18.2. The topological polar surface area (TPSA) is 51.0 Å². The molecule has 4 nitrogen and oxygen atoms in total. The number of nitrogens with zero attached hydrogens (tertiary/aromatic N) is 2. The Hall–Kier alpha value is -2.62. The van der Waals surface area contributed by atoms with Crippen LogP contribution >= 0.6 is 0 Å². The molecule has 2 heterocycles. The first-order valence-electron chi connectivity index (χ1n) is 12.6. The molecular weight excluding hydrogens is 394 g/mol. The quantitative estimate of drug-likeness (QED) is 0.469. The first-order chi connectivity index (χ1) is 15.8. The normalized spacial score (nSPS) is 28.5. The van der Waals surface area contributed by atoms with Crippen LogP contribution in [0.25, 0.3) is 11.5 Å². The SMILES string of the molecule is CCCCc1nnc(-c2ccc3c(c2)C2CCC4CCCC4C2C(c2ccccc2)N3)o1. The lowest BCUT2D eigenvalue weighted by molar-refractivity contribution is 0.129. The Morgan fingerprint density at radius 2 is 1.91 bits per heavy atom. The third kappa shape index (κ3) is 3.44. The number of hydrogen-bond donors (Lipinski definition) is 1. The summed E-state index contributed by atoms with van der Waals surface area (Å²) in [4.78, 5) is 0. The van der Waals surface area contributed by atoms with Gasteiger partial charge in [-0.25, -0.2) is 0 Å². The van der Waals surface area contributed by atoms with Gasteiger partial charge in [0, 0.05) is 17.7 Å². The minimum atomic E-state index is 0.398. The van der Waals surface area contributed by atoms with Crippen molar-refractivity contribution >= 4 is 5.69 Å². The Labute approximate surface area is 190 Å². The molecule has 1 N–H and O–H groups in total. The van der Waals surface area contributed by atoms with E-state index >= 15 is 0 Å². The van der Waals surface area contributed by atoms with Crippen LogP contribution in [0.2, 0.25) is 0 Å². The van der Waals surface area contributed by atoms with Crippen molar-refractivity contribution in [2.24, 2.45) is 17.8 Å². The summed E-state index contributed by atoms with van der Waals surface area (Å²) < 4.78 is 6.02. The standard InChI is InChI=1S/C28H33N3O/c1-2-3-12-25-30-31-28(32-25)20-14-16-24-23(17-20)22-15-13-18-10-7-11-21(18)26(22)27(29-24)19-8-5-4-6-9-19/h4-6,8-9,14,16-18,21-22,26-27,29H,2-3,7,10-13,15H2,1H3. The molecule has 3 aromatic rings. The minimum Gasteiger partial charge on any atom is -0.421 e. The fourth-order valence-electron chi connectivity index (χ4n) is 6.82. The molecule has 2 fully saturated rings. The van der Waals surface area contributed by atoms with Crippen molar-refractivity contribution in [2.75, 3.05) is 5.32 Å². The van der Waals surface area contributed by atoms with Gasteiger partial charge in [0.25, 0.3) is 0 Å². The first-order valence-corrected chi connectivity index (χ1v) is 12.6. The second-order valence-corrected chi connectivity index (χ2v) is 10.1. The predicted molar refractivity (Wildman–Crippen MR) is 127 cm³/mol. The van der Waals surface area contributed by atoms with Crippen LogP contribution in [0.1, 0.15) is 80.8 Å². The van der Waals surface area contributed by atoms with Crippen LogP contribution in [0.15, 0.2) is 52.9 Å². The average molecular weight is 428 g/mol. The van der Waals surface area contributed by atoms with Crippen molar-refractivity contribution in [3.63, 3.8) is 0 Å². The largest absolute Gasteiger partial charge is 0.421 e. The minimum absolute atomic E-state index is 0.398. The maximum absolute atomic E-state index is 6.02. The monoisotopic (exact) mass is 427 g/mol. The van der Waals surface area contributed by atoms with E-state index in [4.69, 9.17) is 4.42 Å². The summed E-state index contributed by atoms with van der Waals surface area (Å²) >= 11 is 0. The van der Waals surface area contributed by atoms with Crippen molar-refractivity contribution in [3.05, 3.63) is 65.5 Å². The molecular formula is C28H33N3O. The van der Waals surface area contributed by atoms with Gasteiger partial charge in [0.05, 0.1) is 6.04 Å². The van der Waals surface area contributed by atoms with Crippen LogP contribution in [0.4, 0.5) is 5.69 Å². The molecule has 2 saturated carbocycles. The molecule has 166 valence electrons. The molecule has 4 heteroatoms. The Kier molecular flexibility index (Phi) is 5.24. The highest BCUT2D eigenvalue weighted by molar-refractivity contribution is 5.66. The molecule has 3 aliphatic rings. The lowest BCUT2D eigenvalue weighted by Gasteiger charge is -2.49. The molecule has 0 amide bonds. The Morgan fingerprint density at radius 1 is 1.00 bits per heavy atom. The fourth-order valence-corrected chi connectivity index (χ4v) is 6.82. The lowest BCUT2D eigenvalue weighted by Crippen LogP contribution is -2.41. The van der Waals surface area contributed by atoms with Gasteiger partial charge in [-0.3, -0.25) is 0 Å². The van der Waals surface area contributed by atoms with Crippen molar-refractivity contribution in [1.29, 1.82) is 0 Å². The van der Waals surface area contributed by atoms with E-state index in [0.29, 0.717) is 23.8 Å². The van der Waals surface area contributed by atoms with E-state index in [1.54, 1.807) is 0 Å². The van der Waals surface area contributed by atoms with Gasteiger partial charge >= 0.3 is 0 Å². The summed E-state index contributed by atoms with van der Waals surface area (Å²) in [6.07, 6.45) is 9.95. The highest BCUT2D eigenvalue weighted by atomic mass is 16.4. The second kappa shape index (κ2) is 8.38.